The maximum absolute atomic E-state index is 12.4. The van der Waals surface area contributed by atoms with Crippen molar-refractivity contribution in [3.8, 4) is 17.4 Å². The van der Waals surface area contributed by atoms with Crippen molar-refractivity contribution in [3.05, 3.63) is 71.7 Å². The van der Waals surface area contributed by atoms with Crippen molar-refractivity contribution in [1.82, 2.24) is 19.4 Å². The highest BCUT2D eigenvalue weighted by Gasteiger charge is 2.57. The fourth-order valence-electron chi connectivity index (χ4n) is 4.27. The third-order valence-electron chi connectivity index (χ3n) is 6.51. The first-order valence-corrected chi connectivity index (χ1v) is 13.2. The first-order valence-electron chi connectivity index (χ1n) is 13.2. The summed E-state index contributed by atoms with van der Waals surface area (Å²) in [6.45, 7) is 1.66. The molecule has 0 aliphatic rings. The molecule has 0 unspecified atom stereocenters. The summed E-state index contributed by atoms with van der Waals surface area (Å²) in [5, 5.41) is 10.1. The number of anilines is 1. The van der Waals surface area contributed by atoms with Crippen LogP contribution < -0.4 is 14.4 Å². The van der Waals surface area contributed by atoms with Crippen LogP contribution in [0.15, 0.2) is 54.7 Å². The Morgan fingerprint density at radius 2 is 1.67 bits per heavy atom. The average molecular weight is 642 g/mol. The molecule has 0 amide bonds. The summed E-state index contributed by atoms with van der Waals surface area (Å²) in [6.07, 6.45) is -9.27. The number of aryl methyl sites for hydroxylation is 1. The summed E-state index contributed by atoms with van der Waals surface area (Å²) in [6, 6.07) is 10.9. The third kappa shape index (κ3) is 8.68. The highest BCUT2D eigenvalue weighted by Crippen LogP contribution is 2.47. The van der Waals surface area contributed by atoms with Crippen LogP contribution >= 0.6 is 0 Å². The zero-order valence-corrected chi connectivity index (χ0v) is 24.9. The standard InChI is InChI=1S/C19H23N5O3.C10H8F6NO/c1-22(2)10-11-23(3)19-20-9-8-16(21-19)27-15-7-5-6-13-12-14(18(25)26)24(4)17(13)15;1-18-7-3-2-5(4-6(7)17)8(9(11,12)13)10(14,15)16/h5-9,12H,10-11H2,1-4H3,(H,25,26);2-4,8,17H,1H3/q;-1. The summed E-state index contributed by atoms with van der Waals surface area (Å²) in [7, 11) is 8.83. The summed E-state index contributed by atoms with van der Waals surface area (Å²) >= 11 is 0. The number of alkyl halides is 6. The molecule has 0 saturated heterocycles. The molecule has 4 rings (SSSR count). The number of likely N-dealkylation sites (N-methyl/N-ethyl adjacent to an activating group) is 2. The van der Waals surface area contributed by atoms with Gasteiger partial charge in [0.2, 0.25) is 11.8 Å². The molecular formula is C29H31F6N6O4-. The molecule has 0 bridgehead atoms. The van der Waals surface area contributed by atoms with Gasteiger partial charge in [0.25, 0.3) is 0 Å². The minimum atomic E-state index is -5.46. The lowest BCUT2D eigenvalue weighted by molar-refractivity contribution is -0.253. The zero-order chi connectivity index (χ0) is 33.7. The molecule has 2 heterocycles. The van der Waals surface area contributed by atoms with Gasteiger partial charge in [-0.3, -0.25) is 0 Å². The molecule has 2 aromatic heterocycles. The molecule has 0 aliphatic carbocycles. The molecule has 0 aliphatic heterocycles. The van der Waals surface area contributed by atoms with E-state index < -0.39 is 35.5 Å². The molecule has 0 saturated carbocycles. The van der Waals surface area contributed by atoms with Gasteiger partial charge in [0.1, 0.15) is 11.4 Å². The minimum Gasteiger partial charge on any atom is -0.696 e. The molecule has 45 heavy (non-hydrogen) atoms. The Bertz CT molecular complexity index is 1610. The number of para-hydroxylation sites is 1. The van der Waals surface area contributed by atoms with Crippen molar-refractivity contribution < 1.29 is 45.7 Å². The summed E-state index contributed by atoms with van der Waals surface area (Å²) in [5.74, 6) is -3.15. The Balaban J connectivity index is 0.000000268. The molecule has 10 nitrogen and oxygen atoms in total. The zero-order valence-electron chi connectivity index (χ0n) is 24.9. The highest BCUT2D eigenvalue weighted by molar-refractivity contribution is 5.96. The molecule has 0 atom stereocenters. The molecule has 0 spiro atoms. The second-order valence-corrected chi connectivity index (χ2v) is 10.1. The number of rotatable bonds is 9. The molecule has 4 aromatic rings. The Kier molecular flexibility index (Phi) is 10.8. The van der Waals surface area contributed by atoms with Crippen molar-refractivity contribution in [2.45, 2.75) is 18.3 Å². The van der Waals surface area contributed by atoms with Gasteiger partial charge in [0, 0.05) is 44.8 Å². The topological polar surface area (TPSA) is 117 Å². The van der Waals surface area contributed by atoms with Crippen molar-refractivity contribution in [3.63, 3.8) is 0 Å². The number of hydrogen-bond acceptors (Lipinski definition) is 7. The first kappa shape index (κ1) is 34.8. The van der Waals surface area contributed by atoms with Gasteiger partial charge in [-0.25, -0.2) is 9.78 Å². The normalized spacial score (nSPS) is 11.8. The Hall–Kier alpha value is -4.73. The smallest absolute Gasteiger partial charge is 0.404 e. The number of hydrogen-bond donors (Lipinski definition) is 1. The van der Waals surface area contributed by atoms with E-state index in [1.807, 2.05) is 38.2 Å². The van der Waals surface area contributed by atoms with E-state index in [0.29, 0.717) is 35.2 Å². The number of benzene rings is 2. The van der Waals surface area contributed by atoms with Gasteiger partial charge in [-0.15, -0.1) is 0 Å². The van der Waals surface area contributed by atoms with Crippen LogP contribution in [0.2, 0.25) is 0 Å². The second-order valence-electron chi connectivity index (χ2n) is 10.1. The quantitative estimate of drug-likeness (QED) is 0.194. The maximum atomic E-state index is 12.4. The number of aromatic nitrogens is 3. The van der Waals surface area contributed by atoms with Gasteiger partial charge < -0.3 is 34.7 Å². The predicted molar refractivity (Wildman–Crippen MR) is 156 cm³/mol. The minimum absolute atomic E-state index is 0.0955. The molecule has 2 N–H and O–H groups in total. The number of halogens is 6. The van der Waals surface area contributed by atoms with Gasteiger partial charge in [-0.2, -0.15) is 31.3 Å². The predicted octanol–water partition coefficient (Wildman–Crippen LogP) is 7.04. The van der Waals surface area contributed by atoms with Gasteiger partial charge in [0.05, 0.1) is 12.6 Å². The number of nitrogens with zero attached hydrogens (tertiary/aromatic N) is 5. The van der Waals surface area contributed by atoms with E-state index in [1.165, 1.54) is 0 Å². The van der Waals surface area contributed by atoms with E-state index in [9.17, 15) is 36.2 Å². The van der Waals surface area contributed by atoms with E-state index in [4.69, 9.17) is 10.5 Å². The largest absolute Gasteiger partial charge is 0.696 e. The lowest BCUT2D eigenvalue weighted by Crippen LogP contribution is -2.34. The van der Waals surface area contributed by atoms with E-state index >= 15 is 0 Å². The number of fused-ring (bicyclic) bond motifs is 1. The summed E-state index contributed by atoms with van der Waals surface area (Å²) in [5.41, 5.74) is 6.60. The molecule has 2 aromatic carbocycles. The van der Waals surface area contributed by atoms with Gasteiger partial charge >= 0.3 is 18.3 Å². The van der Waals surface area contributed by atoms with E-state index in [1.54, 1.807) is 36.0 Å². The van der Waals surface area contributed by atoms with E-state index in [2.05, 4.69) is 19.6 Å². The second kappa shape index (κ2) is 13.9. The Morgan fingerprint density at radius 1 is 1.00 bits per heavy atom. The maximum Gasteiger partial charge on any atom is 0.404 e. The van der Waals surface area contributed by atoms with E-state index in [-0.39, 0.29) is 11.4 Å². The molecule has 244 valence electrons. The van der Waals surface area contributed by atoms with Crippen LogP contribution in [0, 0.1) is 0 Å². The van der Waals surface area contributed by atoms with Crippen molar-refractivity contribution in [2.24, 2.45) is 7.05 Å². The van der Waals surface area contributed by atoms with Crippen LogP contribution in [0.4, 0.5) is 38.0 Å². The fraction of sp³-hybridized carbons (Fsp3) is 0.345. The Labute approximate surface area is 254 Å². The first-order chi connectivity index (χ1) is 20.9. The van der Waals surface area contributed by atoms with Crippen molar-refractivity contribution in [2.75, 3.05) is 46.2 Å². The number of methoxy groups -OCH3 is 1. The number of nitrogens with one attached hydrogen (secondary N) is 1. The Morgan fingerprint density at radius 3 is 2.22 bits per heavy atom. The lowest BCUT2D eigenvalue weighted by atomic mass is 9.97. The number of carboxylic acid groups (broad SMARTS) is 1. The van der Waals surface area contributed by atoms with Crippen LogP contribution in [0.3, 0.4) is 0 Å². The molecule has 0 radical (unpaired) electrons. The average Bonchev–Trinajstić information content (AvgIpc) is 3.28. The summed E-state index contributed by atoms with van der Waals surface area (Å²) in [4.78, 5) is 24.2. The van der Waals surface area contributed by atoms with Crippen molar-refractivity contribution >= 4 is 28.5 Å². The van der Waals surface area contributed by atoms with Gasteiger partial charge in [-0.05, 0) is 37.9 Å². The highest BCUT2D eigenvalue weighted by atomic mass is 19.4. The summed E-state index contributed by atoms with van der Waals surface area (Å²) < 4.78 is 86.6. The molecular weight excluding hydrogens is 610 g/mol. The number of aromatic carboxylic acids is 1. The number of ether oxygens (including phenoxy) is 2. The van der Waals surface area contributed by atoms with Crippen LogP contribution in [0.5, 0.6) is 17.4 Å². The SMILES string of the molecule is CN(C)CCN(C)c1nccc(Oc2cccc3cc(C(=O)O)n(C)c23)n1.COc1ccc(C(C(F)(F)F)C(F)(F)F)cc1[NH-]. The fourth-order valence-corrected chi connectivity index (χ4v) is 4.27. The number of carboxylic acids is 1. The molecule has 0 fully saturated rings. The van der Waals surface area contributed by atoms with Gasteiger partial charge in [-0.1, -0.05) is 30.0 Å². The monoisotopic (exact) mass is 641 g/mol. The van der Waals surface area contributed by atoms with Gasteiger partial charge in [0.15, 0.2) is 11.7 Å². The lowest BCUT2D eigenvalue weighted by Gasteiger charge is -2.24. The molecule has 16 heteroatoms. The van der Waals surface area contributed by atoms with Crippen LogP contribution in [-0.2, 0) is 7.05 Å². The third-order valence-corrected chi connectivity index (χ3v) is 6.51. The van der Waals surface area contributed by atoms with Crippen molar-refractivity contribution in [1.29, 1.82) is 0 Å². The number of carbonyl (C=O) groups is 1. The van der Waals surface area contributed by atoms with E-state index in [0.717, 1.165) is 31.7 Å². The van der Waals surface area contributed by atoms with Crippen LogP contribution in [0.1, 0.15) is 22.0 Å². The van der Waals surface area contributed by atoms with Crippen LogP contribution in [-0.4, -0.2) is 84.2 Å². The van der Waals surface area contributed by atoms with Crippen LogP contribution in [0.25, 0.3) is 16.6 Å².